The second-order valence-corrected chi connectivity index (χ2v) is 7.63. The summed E-state index contributed by atoms with van der Waals surface area (Å²) >= 11 is 0. The Labute approximate surface area is 179 Å². The third-order valence-electron chi connectivity index (χ3n) is 5.64. The van der Waals surface area contributed by atoms with Crippen molar-refractivity contribution in [3.63, 3.8) is 0 Å². The lowest BCUT2D eigenvalue weighted by atomic mass is 10.1. The van der Waals surface area contributed by atoms with Crippen molar-refractivity contribution in [3.05, 3.63) is 53.6 Å². The Balaban J connectivity index is 1.41. The van der Waals surface area contributed by atoms with Crippen LogP contribution >= 0.6 is 0 Å². The quantitative estimate of drug-likeness (QED) is 0.608. The van der Waals surface area contributed by atoms with Crippen molar-refractivity contribution in [1.29, 1.82) is 0 Å². The normalized spacial score (nSPS) is 19.7. The van der Waals surface area contributed by atoms with Crippen LogP contribution in [0.4, 0.5) is 16.2 Å². The van der Waals surface area contributed by atoms with Crippen molar-refractivity contribution in [2.75, 3.05) is 29.7 Å². The number of amides is 4. The number of ether oxygens (including phenoxy) is 2. The van der Waals surface area contributed by atoms with Crippen LogP contribution in [-0.2, 0) is 9.59 Å². The van der Waals surface area contributed by atoms with Gasteiger partial charge in [0.25, 0.3) is 11.8 Å². The first-order valence-electron chi connectivity index (χ1n) is 10.3. The van der Waals surface area contributed by atoms with Gasteiger partial charge in [-0.05, 0) is 55.2 Å². The summed E-state index contributed by atoms with van der Waals surface area (Å²) < 4.78 is 10.6. The Bertz CT molecular complexity index is 1090. The molecule has 3 aliphatic heterocycles. The van der Waals surface area contributed by atoms with Crippen molar-refractivity contribution in [1.82, 2.24) is 5.32 Å². The molecule has 31 heavy (non-hydrogen) atoms. The van der Waals surface area contributed by atoms with Gasteiger partial charge < -0.3 is 14.4 Å². The van der Waals surface area contributed by atoms with E-state index < -0.39 is 17.8 Å². The number of nitrogens with one attached hydrogen (secondary N) is 1. The Hall–Kier alpha value is -3.81. The number of hydrogen-bond donors (Lipinski definition) is 1. The summed E-state index contributed by atoms with van der Waals surface area (Å²) in [5.41, 5.74) is 2.02. The molecule has 0 aromatic heterocycles. The van der Waals surface area contributed by atoms with E-state index in [1.165, 1.54) is 25.3 Å². The summed E-state index contributed by atoms with van der Waals surface area (Å²) in [7, 11) is 0. The van der Waals surface area contributed by atoms with Crippen molar-refractivity contribution in [2.45, 2.75) is 19.3 Å². The topological polar surface area (TPSA) is 88.2 Å². The summed E-state index contributed by atoms with van der Waals surface area (Å²) in [6, 6.07) is 11.7. The molecule has 4 amide bonds. The molecule has 0 aliphatic carbocycles. The van der Waals surface area contributed by atoms with Crippen molar-refractivity contribution in [3.8, 4) is 11.5 Å². The molecule has 0 radical (unpaired) electrons. The number of carbonyl (C=O) groups excluding carboxylic acids is 3. The van der Waals surface area contributed by atoms with Gasteiger partial charge in [-0.1, -0.05) is 12.1 Å². The standard InChI is InChI=1S/C23H21N3O5/c27-21-18(12-15-4-6-16(7-5-15)25-10-2-1-3-11-25)22(28)26(23(29)24-21)17-8-9-19-20(13-17)31-14-30-19/h4-9,12-13H,1-3,10-11,14H2,(H,24,27,29)/b18-12+. The van der Waals surface area contributed by atoms with Gasteiger partial charge in [-0.25, -0.2) is 9.69 Å². The number of hydrogen-bond acceptors (Lipinski definition) is 6. The number of carbonyl (C=O) groups is 3. The number of benzene rings is 2. The lowest BCUT2D eigenvalue weighted by Crippen LogP contribution is -2.54. The van der Waals surface area contributed by atoms with E-state index in [0.29, 0.717) is 22.7 Å². The highest BCUT2D eigenvalue weighted by atomic mass is 16.7. The molecule has 5 rings (SSSR count). The molecule has 0 unspecified atom stereocenters. The number of anilines is 2. The first kappa shape index (κ1) is 19.2. The molecule has 3 heterocycles. The fourth-order valence-electron chi connectivity index (χ4n) is 4.02. The first-order valence-corrected chi connectivity index (χ1v) is 10.3. The predicted octanol–water partition coefficient (Wildman–Crippen LogP) is 3.07. The number of nitrogens with zero attached hydrogens (tertiary/aromatic N) is 2. The van der Waals surface area contributed by atoms with E-state index in [-0.39, 0.29) is 12.4 Å². The van der Waals surface area contributed by atoms with Crippen LogP contribution in [0.5, 0.6) is 11.5 Å². The lowest BCUT2D eigenvalue weighted by Gasteiger charge is -2.29. The third kappa shape index (κ3) is 3.61. The van der Waals surface area contributed by atoms with Crippen LogP contribution in [-0.4, -0.2) is 37.7 Å². The molecular formula is C23H21N3O5. The molecule has 158 valence electrons. The molecule has 8 heteroatoms. The first-order chi connectivity index (χ1) is 15.1. The molecule has 2 fully saturated rings. The zero-order valence-corrected chi connectivity index (χ0v) is 16.8. The zero-order valence-electron chi connectivity index (χ0n) is 16.8. The molecule has 0 bridgehead atoms. The molecule has 0 atom stereocenters. The Morgan fingerprint density at radius 2 is 1.55 bits per heavy atom. The number of fused-ring (bicyclic) bond motifs is 1. The molecule has 2 aromatic rings. The smallest absolute Gasteiger partial charge is 0.335 e. The second kappa shape index (κ2) is 7.79. The molecule has 3 aliphatic rings. The van der Waals surface area contributed by atoms with Gasteiger partial charge in [-0.15, -0.1) is 0 Å². The van der Waals surface area contributed by atoms with Crippen molar-refractivity contribution in [2.24, 2.45) is 0 Å². The minimum Gasteiger partial charge on any atom is -0.454 e. The highest BCUT2D eigenvalue weighted by Crippen LogP contribution is 2.36. The maximum atomic E-state index is 13.1. The van der Waals surface area contributed by atoms with E-state index in [2.05, 4.69) is 10.2 Å². The van der Waals surface area contributed by atoms with Gasteiger partial charge in [0.2, 0.25) is 6.79 Å². The molecular weight excluding hydrogens is 398 g/mol. The zero-order chi connectivity index (χ0) is 21.4. The number of urea groups is 1. The molecule has 8 nitrogen and oxygen atoms in total. The average molecular weight is 419 g/mol. The monoisotopic (exact) mass is 419 g/mol. The van der Waals surface area contributed by atoms with Gasteiger partial charge in [0, 0.05) is 24.8 Å². The van der Waals surface area contributed by atoms with Gasteiger partial charge in [0.1, 0.15) is 5.57 Å². The molecule has 2 saturated heterocycles. The van der Waals surface area contributed by atoms with E-state index in [1.54, 1.807) is 18.2 Å². The number of imide groups is 2. The SMILES string of the molecule is O=C1NC(=O)N(c2ccc3c(c2)OCO3)C(=O)/C1=C/c1ccc(N2CCCCC2)cc1. The fourth-order valence-corrected chi connectivity index (χ4v) is 4.02. The number of piperidine rings is 1. The maximum Gasteiger partial charge on any atom is 0.335 e. The highest BCUT2D eigenvalue weighted by Gasteiger charge is 2.37. The van der Waals surface area contributed by atoms with Crippen LogP contribution in [0.3, 0.4) is 0 Å². The summed E-state index contributed by atoms with van der Waals surface area (Å²) in [6.07, 6.45) is 5.13. The minimum absolute atomic E-state index is 0.0794. The number of barbiturate groups is 1. The van der Waals surface area contributed by atoms with Crippen LogP contribution < -0.4 is 24.6 Å². The molecule has 0 spiro atoms. The van der Waals surface area contributed by atoms with E-state index in [9.17, 15) is 14.4 Å². The largest absolute Gasteiger partial charge is 0.454 e. The maximum absolute atomic E-state index is 13.1. The summed E-state index contributed by atoms with van der Waals surface area (Å²) in [5.74, 6) is -0.428. The van der Waals surface area contributed by atoms with Crippen LogP contribution in [0.2, 0.25) is 0 Å². The van der Waals surface area contributed by atoms with E-state index in [1.807, 2.05) is 24.3 Å². The molecule has 0 saturated carbocycles. The van der Waals surface area contributed by atoms with Crippen LogP contribution in [0.1, 0.15) is 24.8 Å². The summed E-state index contributed by atoms with van der Waals surface area (Å²) in [6.45, 7) is 2.15. The van der Waals surface area contributed by atoms with E-state index in [4.69, 9.17) is 9.47 Å². The van der Waals surface area contributed by atoms with E-state index in [0.717, 1.165) is 23.7 Å². The van der Waals surface area contributed by atoms with Gasteiger partial charge in [-0.2, -0.15) is 0 Å². The van der Waals surface area contributed by atoms with Gasteiger partial charge in [0.15, 0.2) is 11.5 Å². The molecule has 2 aromatic carbocycles. The Morgan fingerprint density at radius 3 is 2.32 bits per heavy atom. The fraction of sp³-hybridized carbons (Fsp3) is 0.261. The van der Waals surface area contributed by atoms with Crippen LogP contribution in [0.15, 0.2) is 48.0 Å². The van der Waals surface area contributed by atoms with Crippen LogP contribution in [0, 0.1) is 0 Å². The summed E-state index contributed by atoms with van der Waals surface area (Å²) in [4.78, 5) is 41.1. The van der Waals surface area contributed by atoms with Crippen molar-refractivity contribution >= 4 is 35.3 Å². The number of rotatable bonds is 3. The van der Waals surface area contributed by atoms with Gasteiger partial charge in [-0.3, -0.25) is 14.9 Å². The Morgan fingerprint density at radius 1 is 0.839 bits per heavy atom. The highest BCUT2D eigenvalue weighted by molar-refractivity contribution is 6.39. The van der Waals surface area contributed by atoms with Gasteiger partial charge >= 0.3 is 6.03 Å². The predicted molar refractivity (Wildman–Crippen MR) is 114 cm³/mol. The van der Waals surface area contributed by atoms with E-state index >= 15 is 0 Å². The van der Waals surface area contributed by atoms with Crippen LogP contribution in [0.25, 0.3) is 6.08 Å². The van der Waals surface area contributed by atoms with Crippen molar-refractivity contribution < 1.29 is 23.9 Å². The second-order valence-electron chi connectivity index (χ2n) is 7.63. The Kier molecular flexibility index (Phi) is 4.82. The summed E-state index contributed by atoms with van der Waals surface area (Å²) in [5, 5.41) is 2.24. The molecule has 1 N–H and O–H groups in total. The van der Waals surface area contributed by atoms with Gasteiger partial charge in [0.05, 0.1) is 5.69 Å². The minimum atomic E-state index is -0.800. The lowest BCUT2D eigenvalue weighted by molar-refractivity contribution is -0.122. The average Bonchev–Trinajstić information content (AvgIpc) is 3.26. The third-order valence-corrected chi connectivity index (χ3v) is 5.64.